The van der Waals surface area contributed by atoms with E-state index in [2.05, 4.69) is 0 Å². The van der Waals surface area contributed by atoms with Crippen LogP contribution < -0.4 is 0 Å². The first-order chi connectivity index (χ1) is 7.72. The Hall–Kier alpha value is -2.09. The molecule has 0 bridgehead atoms. The predicted octanol–water partition coefficient (Wildman–Crippen LogP) is 3.38. The largest absolute Gasteiger partial charge is 0.508 e. The molecule has 0 heterocycles. The summed E-state index contributed by atoms with van der Waals surface area (Å²) in [6, 6.07) is 16.6. The summed E-state index contributed by atoms with van der Waals surface area (Å²) < 4.78 is 0. The molecule has 0 saturated carbocycles. The number of nitrogens with one attached hydrogen (secondary N) is 1. The number of aromatic hydroxyl groups is 1. The van der Waals surface area contributed by atoms with Crippen LogP contribution in [-0.4, -0.2) is 11.3 Å². The molecule has 0 unspecified atom stereocenters. The number of phenols is 1. The molecule has 82 valence electrons. The number of phenolic OH excluding ortho intramolecular Hbond substituents is 1. The summed E-state index contributed by atoms with van der Waals surface area (Å²) in [7, 11) is 0. The summed E-state index contributed by atoms with van der Waals surface area (Å²) in [4.78, 5) is 0. The highest BCUT2D eigenvalue weighted by molar-refractivity contribution is 5.76. The highest BCUT2D eigenvalue weighted by Gasteiger charge is 1.83. The molecule has 2 rings (SSSR count). The molecular weight excluding hydrogens is 198 g/mol. The summed E-state index contributed by atoms with van der Waals surface area (Å²) in [5.41, 5.74) is 2.20. The number of aryl methyl sites for hydroxylation is 1. The third-order valence-electron chi connectivity index (χ3n) is 2.00. The lowest BCUT2D eigenvalue weighted by Gasteiger charge is -1.90. The molecule has 0 spiro atoms. The van der Waals surface area contributed by atoms with Crippen LogP contribution in [-0.2, 0) is 0 Å². The Morgan fingerprint density at radius 3 is 1.88 bits per heavy atom. The molecule has 0 atom stereocenters. The van der Waals surface area contributed by atoms with Crippen molar-refractivity contribution in [1.29, 1.82) is 5.41 Å². The first kappa shape index (κ1) is 12.0. The number of benzene rings is 2. The molecule has 2 aromatic carbocycles. The van der Waals surface area contributed by atoms with Gasteiger partial charge in [-0.15, -0.1) is 0 Å². The van der Waals surface area contributed by atoms with E-state index in [4.69, 9.17) is 10.5 Å². The van der Waals surface area contributed by atoms with Crippen LogP contribution >= 0.6 is 0 Å². The maximum Gasteiger partial charge on any atom is 0.115 e. The van der Waals surface area contributed by atoms with Crippen molar-refractivity contribution in [2.45, 2.75) is 6.92 Å². The maximum atomic E-state index is 8.63. The van der Waals surface area contributed by atoms with Crippen LogP contribution in [0.15, 0.2) is 54.6 Å². The quantitative estimate of drug-likeness (QED) is 0.701. The molecule has 0 aliphatic carbocycles. The molecule has 0 fully saturated rings. The predicted molar refractivity (Wildman–Crippen MR) is 67.2 cm³/mol. The minimum atomic E-state index is 0.322. The molecule has 16 heavy (non-hydrogen) atoms. The van der Waals surface area contributed by atoms with E-state index in [0.29, 0.717) is 5.75 Å². The van der Waals surface area contributed by atoms with Crippen LogP contribution in [0.1, 0.15) is 11.1 Å². The zero-order valence-electron chi connectivity index (χ0n) is 9.22. The Bertz CT molecular complexity index is 420. The molecule has 0 saturated heterocycles. The van der Waals surface area contributed by atoms with Crippen molar-refractivity contribution in [3.05, 3.63) is 65.7 Å². The van der Waals surface area contributed by atoms with Crippen LogP contribution in [0.2, 0.25) is 0 Å². The van der Waals surface area contributed by atoms with Gasteiger partial charge in [0.1, 0.15) is 5.75 Å². The van der Waals surface area contributed by atoms with Crippen LogP contribution in [0.4, 0.5) is 0 Å². The smallest absolute Gasteiger partial charge is 0.115 e. The summed E-state index contributed by atoms with van der Waals surface area (Å²) >= 11 is 0. The molecule has 2 nitrogen and oxygen atoms in total. The van der Waals surface area contributed by atoms with Gasteiger partial charge in [0, 0.05) is 6.21 Å². The second kappa shape index (κ2) is 6.40. The van der Waals surface area contributed by atoms with Crippen molar-refractivity contribution in [3.8, 4) is 5.75 Å². The van der Waals surface area contributed by atoms with E-state index in [-0.39, 0.29) is 0 Å². The van der Waals surface area contributed by atoms with Crippen molar-refractivity contribution in [2.75, 3.05) is 0 Å². The molecule has 0 radical (unpaired) electrons. The van der Waals surface area contributed by atoms with E-state index >= 15 is 0 Å². The highest BCUT2D eigenvalue weighted by atomic mass is 16.3. The first-order valence-corrected chi connectivity index (χ1v) is 5.03. The lowest BCUT2D eigenvalue weighted by molar-refractivity contribution is 0.475. The standard InChI is InChI=1S/C8H9N.C6H6O/c1-7-2-4-8(6-9)5-3-7;7-6-4-2-1-3-5-6/h2-6,9H,1H3;1-5,7H. The van der Waals surface area contributed by atoms with Crippen molar-refractivity contribution < 1.29 is 5.11 Å². The monoisotopic (exact) mass is 213 g/mol. The Balaban J connectivity index is 0.000000165. The van der Waals surface area contributed by atoms with Crippen molar-refractivity contribution in [2.24, 2.45) is 0 Å². The Morgan fingerprint density at radius 1 is 0.938 bits per heavy atom. The molecule has 2 heteroatoms. The van der Waals surface area contributed by atoms with Gasteiger partial charge in [-0.25, -0.2) is 0 Å². The van der Waals surface area contributed by atoms with Gasteiger partial charge in [0.15, 0.2) is 0 Å². The first-order valence-electron chi connectivity index (χ1n) is 5.03. The van der Waals surface area contributed by atoms with E-state index < -0.39 is 0 Å². The van der Waals surface area contributed by atoms with Gasteiger partial charge in [-0.3, -0.25) is 0 Å². The van der Waals surface area contributed by atoms with Gasteiger partial charge in [0.05, 0.1) is 0 Å². The third-order valence-corrected chi connectivity index (χ3v) is 2.00. The minimum absolute atomic E-state index is 0.322. The van der Waals surface area contributed by atoms with Crippen LogP contribution in [0.25, 0.3) is 0 Å². The van der Waals surface area contributed by atoms with E-state index in [0.717, 1.165) is 5.56 Å². The van der Waals surface area contributed by atoms with Gasteiger partial charge in [0.2, 0.25) is 0 Å². The fourth-order valence-electron chi connectivity index (χ4n) is 1.09. The number of hydrogen-bond acceptors (Lipinski definition) is 2. The van der Waals surface area contributed by atoms with Crippen LogP contribution in [0.5, 0.6) is 5.75 Å². The lowest BCUT2D eigenvalue weighted by atomic mass is 10.2. The number of rotatable bonds is 1. The average Bonchev–Trinajstić information content (AvgIpc) is 2.32. The second-order valence-electron chi connectivity index (χ2n) is 3.39. The fraction of sp³-hybridized carbons (Fsp3) is 0.0714. The highest BCUT2D eigenvalue weighted by Crippen LogP contribution is 2.02. The van der Waals surface area contributed by atoms with Gasteiger partial charge >= 0.3 is 0 Å². The Morgan fingerprint density at radius 2 is 1.50 bits per heavy atom. The lowest BCUT2D eigenvalue weighted by Crippen LogP contribution is -1.77. The molecular formula is C14H15NO. The van der Waals surface area contributed by atoms with Gasteiger partial charge in [0.25, 0.3) is 0 Å². The zero-order valence-corrected chi connectivity index (χ0v) is 9.22. The SMILES string of the molecule is Cc1ccc(C=N)cc1.Oc1ccccc1. The average molecular weight is 213 g/mol. The third kappa shape index (κ3) is 4.42. The Labute approximate surface area is 95.7 Å². The molecule has 0 aliphatic heterocycles. The van der Waals surface area contributed by atoms with Crippen LogP contribution in [0.3, 0.4) is 0 Å². The van der Waals surface area contributed by atoms with E-state index in [1.165, 1.54) is 11.8 Å². The summed E-state index contributed by atoms with van der Waals surface area (Å²) in [6.45, 7) is 2.04. The van der Waals surface area contributed by atoms with Gasteiger partial charge in [-0.05, 0) is 24.6 Å². The van der Waals surface area contributed by atoms with Gasteiger partial charge in [-0.1, -0.05) is 48.0 Å². The Kier molecular flexibility index (Phi) is 4.80. The normalized spacial score (nSPS) is 8.81. The zero-order chi connectivity index (χ0) is 11.8. The van der Waals surface area contributed by atoms with Gasteiger partial charge in [-0.2, -0.15) is 0 Å². The van der Waals surface area contributed by atoms with Crippen molar-refractivity contribution in [1.82, 2.24) is 0 Å². The maximum absolute atomic E-state index is 8.63. The van der Waals surface area contributed by atoms with E-state index in [1.807, 2.05) is 37.3 Å². The summed E-state index contributed by atoms with van der Waals surface area (Å²) in [5.74, 6) is 0.322. The second-order valence-corrected chi connectivity index (χ2v) is 3.39. The molecule has 0 amide bonds. The molecule has 0 aromatic heterocycles. The molecule has 2 N–H and O–H groups in total. The fourth-order valence-corrected chi connectivity index (χ4v) is 1.09. The van der Waals surface area contributed by atoms with Crippen LogP contribution in [0, 0.1) is 12.3 Å². The topological polar surface area (TPSA) is 44.1 Å². The molecule has 0 aliphatic rings. The number of para-hydroxylation sites is 1. The van der Waals surface area contributed by atoms with E-state index in [9.17, 15) is 0 Å². The molecule has 2 aromatic rings. The van der Waals surface area contributed by atoms with Crippen molar-refractivity contribution >= 4 is 6.21 Å². The minimum Gasteiger partial charge on any atom is -0.508 e. The van der Waals surface area contributed by atoms with Crippen molar-refractivity contribution in [3.63, 3.8) is 0 Å². The summed E-state index contributed by atoms with van der Waals surface area (Å²) in [6.07, 6.45) is 1.35. The van der Waals surface area contributed by atoms with Gasteiger partial charge < -0.3 is 10.5 Å². The van der Waals surface area contributed by atoms with E-state index in [1.54, 1.807) is 24.3 Å². The summed E-state index contributed by atoms with van der Waals surface area (Å²) in [5, 5.41) is 15.5. The number of hydrogen-bond donors (Lipinski definition) is 2.